The summed E-state index contributed by atoms with van der Waals surface area (Å²) in [6.45, 7) is 1.36. The minimum atomic E-state index is -0.904. The number of furan rings is 1. The Kier molecular flexibility index (Phi) is 2.07. The van der Waals surface area contributed by atoms with Crippen LogP contribution >= 0.6 is 0 Å². The van der Waals surface area contributed by atoms with Gasteiger partial charge in [0.1, 0.15) is 18.8 Å². The van der Waals surface area contributed by atoms with E-state index in [0.717, 1.165) is 6.54 Å². The molecular weight excluding hydrogens is 186 g/mol. The van der Waals surface area contributed by atoms with Crippen LogP contribution in [0.5, 0.6) is 5.75 Å². The van der Waals surface area contributed by atoms with Crippen LogP contribution in [0.1, 0.15) is 5.76 Å². The van der Waals surface area contributed by atoms with Crippen LogP contribution in [0.2, 0.25) is 0 Å². The lowest BCUT2D eigenvalue weighted by Crippen LogP contribution is -2.27. The number of carbonyl (C=O) groups is 1. The molecule has 0 unspecified atom stereocenters. The van der Waals surface area contributed by atoms with Gasteiger partial charge in [-0.15, -0.1) is 0 Å². The van der Waals surface area contributed by atoms with Crippen LogP contribution < -0.4 is 9.64 Å². The first-order valence-electron chi connectivity index (χ1n) is 4.35. The highest BCUT2D eigenvalue weighted by Gasteiger charge is 2.21. The topological polar surface area (TPSA) is 62.9 Å². The Morgan fingerprint density at radius 3 is 3.14 bits per heavy atom. The standard InChI is InChI=1S/C9H11NO4/c1-10-2-3-13-7-4-6(5-8(11)12)14-9(7)10/h4H,2-3,5H2,1H3,(H,11,12). The number of anilines is 1. The molecule has 14 heavy (non-hydrogen) atoms. The number of rotatable bonds is 2. The lowest BCUT2D eigenvalue weighted by Gasteiger charge is -2.22. The minimum Gasteiger partial charge on any atom is -0.486 e. The fraction of sp³-hybridized carbons (Fsp3) is 0.444. The molecular formula is C9H11NO4. The van der Waals surface area contributed by atoms with Crippen LogP contribution in [0.15, 0.2) is 10.5 Å². The van der Waals surface area contributed by atoms with E-state index in [9.17, 15) is 4.79 Å². The van der Waals surface area contributed by atoms with E-state index in [-0.39, 0.29) is 6.42 Å². The number of aliphatic carboxylic acids is 1. The van der Waals surface area contributed by atoms with Gasteiger partial charge in [0.15, 0.2) is 5.75 Å². The SMILES string of the molecule is CN1CCOc2cc(CC(=O)O)oc21. The zero-order valence-electron chi connectivity index (χ0n) is 7.82. The number of hydrogen-bond donors (Lipinski definition) is 1. The molecule has 1 aromatic rings. The molecule has 1 N–H and O–H groups in total. The lowest BCUT2D eigenvalue weighted by molar-refractivity contribution is -0.136. The van der Waals surface area contributed by atoms with Crippen molar-refractivity contribution in [3.05, 3.63) is 11.8 Å². The molecule has 0 radical (unpaired) electrons. The predicted octanol–water partition coefficient (Wildman–Crippen LogP) is 0.735. The summed E-state index contributed by atoms with van der Waals surface area (Å²) in [6.07, 6.45) is -0.107. The number of hydrogen-bond acceptors (Lipinski definition) is 4. The van der Waals surface area contributed by atoms with Gasteiger partial charge in [0, 0.05) is 13.1 Å². The average molecular weight is 197 g/mol. The van der Waals surface area contributed by atoms with Gasteiger partial charge in [-0.2, -0.15) is 0 Å². The average Bonchev–Trinajstić information content (AvgIpc) is 2.47. The second-order valence-corrected chi connectivity index (χ2v) is 3.22. The molecule has 0 saturated heterocycles. The molecule has 0 spiro atoms. The Balaban J connectivity index is 2.26. The maximum Gasteiger partial charge on any atom is 0.311 e. The first kappa shape index (κ1) is 8.93. The number of fused-ring (bicyclic) bond motifs is 1. The van der Waals surface area contributed by atoms with Crippen LogP contribution in [0.3, 0.4) is 0 Å². The van der Waals surface area contributed by atoms with Gasteiger partial charge in [-0.1, -0.05) is 0 Å². The first-order valence-corrected chi connectivity index (χ1v) is 4.35. The Bertz CT molecular complexity index is 358. The first-order chi connectivity index (χ1) is 6.66. The van der Waals surface area contributed by atoms with Crippen molar-refractivity contribution in [2.24, 2.45) is 0 Å². The van der Waals surface area contributed by atoms with E-state index in [0.29, 0.717) is 24.0 Å². The Morgan fingerprint density at radius 2 is 2.50 bits per heavy atom. The summed E-state index contributed by atoms with van der Waals surface area (Å²) in [6, 6.07) is 1.64. The largest absolute Gasteiger partial charge is 0.486 e. The lowest BCUT2D eigenvalue weighted by atomic mass is 10.3. The zero-order valence-corrected chi connectivity index (χ0v) is 7.82. The molecule has 5 heteroatoms. The van der Waals surface area contributed by atoms with E-state index in [1.807, 2.05) is 11.9 Å². The van der Waals surface area contributed by atoms with Crippen LogP contribution in [0.4, 0.5) is 5.88 Å². The second kappa shape index (κ2) is 3.25. The normalized spacial score (nSPS) is 14.8. The van der Waals surface area contributed by atoms with Gasteiger partial charge in [-0.05, 0) is 0 Å². The maximum atomic E-state index is 10.4. The monoisotopic (exact) mass is 197 g/mol. The fourth-order valence-corrected chi connectivity index (χ4v) is 1.41. The molecule has 2 heterocycles. The number of carboxylic acids is 1. The van der Waals surface area contributed by atoms with Crippen molar-refractivity contribution in [2.75, 3.05) is 25.1 Å². The summed E-state index contributed by atoms with van der Waals surface area (Å²) in [4.78, 5) is 12.4. The number of ether oxygens (including phenoxy) is 1. The molecule has 0 bridgehead atoms. The summed E-state index contributed by atoms with van der Waals surface area (Å²) < 4.78 is 10.7. The van der Waals surface area contributed by atoms with Crippen molar-refractivity contribution < 1.29 is 19.1 Å². The molecule has 1 aliphatic heterocycles. The Labute approximate surface area is 80.9 Å². The molecule has 1 aliphatic rings. The van der Waals surface area contributed by atoms with Crippen molar-refractivity contribution >= 4 is 11.9 Å². The van der Waals surface area contributed by atoms with E-state index in [2.05, 4.69) is 0 Å². The molecule has 2 rings (SSSR count). The molecule has 76 valence electrons. The van der Waals surface area contributed by atoms with Gasteiger partial charge in [-0.3, -0.25) is 4.79 Å². The summed E-state index contributed by atoms with van der Waals surface area (Å²) in [5.74, 6) is 0.775. The molecule has 0 atom stereocenters. The van der Waals surface area contributed by atoms with Gasteiger partial charge in [0.05, 0.1) is 6.54 Å². The summed E-state index contributed by atoms with van der Waals surface area (Å²) in [5, 5.41) is 8.58. The van der Waals surface area contributed by atoms with Crippen molar-refractivity contribution in [1.29, 1.82) is 0 Å². The fourth-order valence-electron chi connectivity index (χ4n) is 1.41. The maximum absolute atomic E-state index is 10.4. The van der Waals surface area contributed by atoms with Crippen molar-refractivity contribution in [3.63, 3.8) is 0 Å². The third-order valence-electron chi connectivity index (χ3n) is 2.09. The highest BCUT2D eigenvalue weighted by Crippen LogP contribution is 2.34. The summed E-state index contributed by atoms with van der Waals surface area (Å²) >= 11 is 0. The van der Waals surface area contributed by atoms with Gasteiger partial charge in [-0.25, -0.2) is 0 Å². The summed E-state index contributed by atoms with van der Waals surface area (Å²) in [7, 11) is 1.88. The zero-order chi connectivity index (χ0) is 10.1. The van der Waals surface area contributed by atoms with Crippen LogP contribution in [-0.2, 0) is 11.2 Å². The van der Waals surface area contributed by atoms with E-state index >= 15 is 0 Å². The number of nitrogens with zero attached hydrogens (tertiary/aromatic N) is 1. The van der Waals surface area contributed by atoms with Gasteiger partial charge in [0.25, 0.3) is 0 Å². The number of carboxylic acid groups (broad SMARTS) is 1. The third-order valence-corrected chi connectivity index (χ3v) is 2.09. The molecule has 0 aromatic carbocycles. The molecule has 1 aromatic heterocycles. The second-order valence-electron chi connectivity index (χ2n) is 3.22. The van der Waals surface area contributed by atoms with Crippen LogP contribution in [-0.4, -0.2) is 31.3 Å². The van der Waals surface area contributed by atoms with Gasteiger partial charge >= 0.3 is 5.97 Å². The highest BCUT2D eigenvalue weighted by atomic mass is 16.5. The smallest absolute Gasteiger partial charge is 0.311 e. The molecule has 0 aliphatic carbocycles. The van der Waals surface area contributed by atoms with Crippen molar-refractivity contribution in [2.45, 2.75) is 6.42 Å². The van der Waals surface area contributed by atoms with Crippen molar-refractivity contribution in [1.82, 2.24) is 0 Å². The van der Waals surface area contributed by atoms with E-state index in [1.54, 1.807) is 6.07 Å². The van der Waals surface area contributed by atoms with E-state index in [1.165, 1.54) is 0 Å². The summed E-state index contributed by atoms with van der Waals surface area (Å²) in [5.41, 5.74) is 0. The highest BCUT2D eigenvalue weighted by molar-refractivity contribution is 5.70. The van der Waals surface area contributed by atoms with Crippen LogP contribution in [0.25, 0.3) is 0 Å². The predicted molar refractivity (Wildman–Crippen MR) is 48.8 cm³/mol. The van der Waals surface area contributed by atoms with Gasteiger partial charge in [0.2, 0.25) is 5.88 Å². The van der Waals surface area contributed by atoms with Crippen molar-refractivity contribution in [3.8, 4) is 5.75 Å². The van der Waals surface area contributed by atoms with E-state index in [4.69, 9.17) is 14.3 Å². The number of likely N-dealkylation sites (N-methyl/N-ethyl adjacent to an activating group) is 1. The quantitative estimate of drug-likeness (QED) is 0.757. The molecule has 0 saturated carbocycles. The molecule has 0 amide bonds. The van der Waals surface area contributed by atoms with Crippen LogP contribution in [0, 0.1) is 0 Å². The molecule has 0 fully saturated rings. The Hall–Kier alpha value is -1.65. The molecule has 5 nitrogen and oxygen atoms in total. The van der Waals surface area contributed by atoms with E-state index < -0.39 is 5.97 Å². The van der Waals surface area contributed by atoms with Gasteiger partial charge < -0.3 is 19.2 Å². The minimum absolute atomic E-state index is 0.107. The Morgan fingerprint density at radius 1 is 1.71 bits per heavy atom. The third kappa shape index (κ3) is 1.53.